The van der Waals surface area contributed by atoms with Gasteiger partial charge in [-0.05, 0) is 38.5 Å². The smallest absolute Gasteiger partial charge is 0.329 e. The number of hydrogen-bond donors (Lipinski definition) is 1. The van der Waals surface area contributed by atoms with Crippen LogP contribution in [0.3, 0.4) is 0 Å². The summed E-state index contributed by atoms with van der Waals surface area (Å²) in [5.74, 6) is -0.119. The van der Waals surface area contributed by atoms with Gasteiger partial charge < -0.3 is 29.0 Å². The van der Waals surface area contributed by atoms with Crippen LogP contribution in [0.4, 0.5) is 11.4 Å². The van der Waals surface area contributed by atoms with Gasteiger partial charge in [0.05, 0.1) is 17.1 Å². The van der Waals surface area contributed by atoms with E-state index in [1.165, 1.54) is 32.4 Å². The van der Waals surface area contributed by atoms with Gasteiger partial charge in [0.25, 0.3) is 5.69 Å². The highest BCUT2D eigenvalue weighted by atomic mass is 16.7. The Hall–Kier alpha value is -3.21. The van der Waals surface area contributed by atoms with Gasteiger partial charge in [0.15, 0.2) is 11.9 Å². The van der Waals surface area contributed by atoms with Crippen LogP contribution in [-0.4, -0.2) is 60.4 Å². The minimum absolute atomic E-state index is 0.156. The Morgan fingerprint density at radius 2 is 1.91 bits per heavy atom. The molecule has 0 aliphatic carbocycles. The van der Waals surface area contributed by atoms with E-state index in [0.29, 0.717) is 17.7 Å². The van der Waals surface area contributed by atoms with Gasteiger partial charge in [0.1, 0.15) is 17.9 Å². The summed E-state index contributed by atoms with van der Waals surface area (Å²) in [5.41, 5.74) is 0.462. The fraction of sp³-hybridized carbons (Fsp3) is 0.480. The number of benzene rings is 2. The SMILES string of the molecule is COC(OC)[C@@]1(C)Oc2ccc([N+](=O)[O-])cc2[C@H](N2c3ccccc3C[C@H]2C(=O)OC(C)C)[C@H]1O. The van der Waals surface area contributed by atoms with Gasteiger partial charge in [-0.1, -0.05) is 18.2 Å². The van der Waals surface area contributed by atoms with Crippen LogP contribution in [0.25, 0.3) is 0 Å². The maximum absolute atomic E-state index is 13.2. The van der Waals surface area contributed by atoms with E-state index in [1.54, 1.807) is 25.7 Å². The van der Waals surface area contributed by atoms with Crippen LogP contribution in [0.1, 0.15) is 37.9 Å². The maximum atomic E-state index is 13.2. The summed E-state index contributed by atoms with van der Waals surface area (Å²) < 4.78 is 22.7. The number of nitrogens with zero attached hydrogens (tertiary/aromatic N) is 2. The average molecular weight is 487 g/mol. The number of aliphatic hydroxyl groups excluding tert-OH is 1. The molecule has 10 heteroatoms. The number of methoxy groups -OCH3 is 2. The van der Waals surface area contributed by atoms with Crippen molar-refractivity contribution < 1.29 is 33.8 Å². The number of esters is 1. The lowest BCUT2D eigenvalue weighted by Gasteiger charge is -2.50. The molecule has 10 nitrogen and oxygen atoms in total. The molecule has 0 aromatic heterocycles. The van der Waals surface area contributed by atoms with Crippen molar-refractivity contribution in [1.82, 2.24) is 0 Å². The fourth-order valence-electron chi connectivity index (χ4n) is 5.07. The van der Waals surface area contributed by atoms with Crippen LogP contribution < -0.4 is 9.64 Å². The van der Waals surface area contributed by atoms with Crippen molar-refractivity contribution in [2.45, 2.75) is 63.4 Å². The number of aliphatic hydroxyl groups is 1. The maximum Gasteiger partial charge on any atom is 0.329 e. The topological polar surface area (TPSA) is 121 Å². The number of fused-ring (bicyclic) bond motifs is 2. The number of anilines is 1. The largest absolute Gasteiger partial charge is 0.479 e. The van der Waals surface area contributed by atoms with E-state index in [-0.39, 0.29) is 11.8 Å². The molecule has 0 radical (unpaired) electrons. The first-order valence-electron chi connectivity index (χ1n) is 11.4. The molecule has 2 aliphatic heterocycles. The number of carbonyl (C=O) groups is 1. The third kappa shape index (κ3) is 4.22. The van der Waals surface area contributed by atoms with E-state index in [0.717, 1.165) is 11.3 Å². The molecule has 0 unspecified atom stereocenters. The summed E-state index contributed by atoms with van der Waals surface area (Å²) in [6.07, 6.45) is -2.24. The zero-order valence-corrected chi connectivity index (χ0v) is 20.3. The molecule has 2 aromatic carbocycles. The highest BCUT2D eigenvalue weighted by Crippen LogP contribution is 2.50. The number of rotatable bonds is 7. The average Bonchev–Trinajstić information content (AvgIpc) is 3.19. The van der Waals surface area contributed by atoms with Gasteiger partial charge >= 0.3 is 5.97 Å². The lowest BCUT2D eigenvalue weighted by Crippen LogP contribution is -2.63. The van der Waals surface area contributed by atoms with Crippen molar-refractivity contribution in [2.75, 3.05) is 19.1 Å². The Morgan fingerprint density at radius 3 is 2.54 bits per heavy atom. The van der Waals surface area contributed by atoms with Crippen molar-refractivity contribution in [3.05, 3.63) is 63.7 Å². The normalized spacial score (nSPS) is 25.3. The van der Waals surface area contributed by atoms with Gasteiger partial charge in [0.2, 0.25) is 0 Å². The Kier molecular flexibility index (Phi) is 6.72. The summed E-state index contributed by atoms with van der Waals surface area (Å²) >= 11 is 0. The molecule has 2 heterocycles. The monoisotopic (exact) mass is 486 g/mol. The van der Waals surface area contributed by atoms with Crippen LogP contribution in [-0.2, 0) is 25.4 Å². The Balaban J connectivity index is 1.93. The zero-order chi connectivity index (χ0) is 25.5. The van der Waals surface area contributed by atoms with Gasteiger partial charge in [-0.2, -0.15) is 0 Å². The lowest BCUT2D eigenvalue weighted by molar-refractivity contribution is -0.385. The van der Waals surface area contributed by atoms with Crippen LogP contribution in [0.5, 0.6) is 5.75 Å². The van der Waals surface area contributed by atoms with Gasteiger partial charge in [-0.3, -0.25) is 10.1 Å². The molecule has 4 atom stereocenters. The molecule has 0 saturated carbocycles. The van der Waals surface area contributed by atoms with E-state index in [1.807, 2.05) is 24.3 Å². The number of ether oxygens (including phenoxy) is 4. The summed E-state index contributed by atoms with van der Waals surface area (Å²) in [6, 6.07) is 10.1. The molecule has 4 rings (SSSR count). The second-order valence-electron chi connectivity index (χ2n) is 9.20. The number of hydrogen-bond acceptors (Lipinski definition) is 9. The zero-order valence-electron chi connectivity index (χ0n) is 20.3. The number of non-ortho nitro benzene ring substituents is 1. The molecule has 2 aromatic rings. The van der Waals surface area contributed by atoms with E-state index in [4.69, 9.17) is 18.9 Å². The molecule has 35 heavy (non-hydrogen) atoms. The van der Waals surface area contributed by atoms with Crippen LogP contribution in [0.2, 0.25) is 0 Å². The first-order chi connectivity index (χ1) is 16.6. The molecular weight excluding hydrogens is 456 g/mol. The van der Waals surface area contributed by atoms with Crippen molar-refractivity contribution in [3.8, 4) is 5.75 Å². The molecule has 0 saturated heterocycles. The summed E-state index contributed by atoms with van der Waals surface area (Å²) in [4.78, 5) is 26.1. The molecule has 0 fully saturated rings. The summed E-state index contributed by atoms with van der Waals surface area (Å²) in [5, 5.41) is 23.4. The number of nitro groups is 1. The molecular formula is C25H30N2O8. The first-order valence-corrected chi connectivity index (χ1v) is 11.4. The number of para-hydroxylation sites is 1. The minimum atomic E-state index is -1.40. The minimum Gasteiger partial charge on any atom is -0.479 e. The van der Waals surface area contributed by atoms with E-state index < -0.39 is 41.0 Å². The molecule has 1 N–H and O–H groups in total. The van der Waals surface area contributed by atoms with Crippen LogP contribution in [0, 0.1) is 10.1 Å². The van der Waals surface area contributed by atoms with E-state index >= 15 is 0 Å². The fourth-order valence-corrected chi connectivity index (χ4v) is 5.07. The molecule has 2 aliphatic rings. The van der Waals surface area contributed by atoms with Gasteiger partial charge in [0, 0.05) is 44.0 Å². The summed E-state index contributed by atoms with van der Waals surface area (Å²) in [6.45, 7) is 5.19. The molecule has 0 bridgehead atoms. The number of nitro benzene ring substituents is 1. The predicted molar refractivity (Wildman–Crippen MR) is 126 cm³/mol. The third-order valence-corrected chi connectivity index (χ3v) is 6.58. The van der Waals surface area contributed by atoms with E-state index in [9.17, 15) is 20.0 Å². The van der Waals surface area contributed by atoms with Crippen molar-refractivity contribution in [3.63, 3.8) is 0 Å². The Morgan fingerprint density at radius 1 is 1.23 bits per heavy atom. The number of carbonyl (C=O) groups excluding carboxylic acids is 1. The van der Waals surface area contributed by atoms with Crippen LogP contribution in [0.15, 0.2) is 42.5 Å². The van der Waals surface area contributed by atoms with E-state index in [2.05, 4.69) is 0 Å². The highest BCUT2D eigenvalue weighted by molar-refractivity contribution is 5.85. The quantitative estimate of drug-likeness (QED) is 0.272. The molecule has 0 spiro atoms. The second-order valence-corrected chi connectivity index (χ2v) is 9.20. The first kappa shape index (κ1) is 24.9. The van der Waals surface area contributed by atoms with Gasteiger partial charge in [-0.25, -0.2) is 4.79 Å². The predicted octanol–water partition coefficient (Wildman–Crippen LogP) is 3.15. The third-order valence-electron chi connectivity index (χ3n) is 6.58. The standard InChI is InChI=1S/C25H30N2O8/c1-14(2)34-23(29)19-12-15-8-6-7-9-18(15)26(19)21-17-13-16(27(30)31)10-11-20(17)35-25(3,22(21)28)24(32-4)33-5/h6-11,13-14,19,21-22,24,28H,12H2,1-5H3/t19-,21-,22+,25-/m0/s1. The molecule has 188 valence electrons. The molecule has 0 amide bonds. The van der Waals surface area contributed by atoms with Crippen LogP contribution >= 0.6 is 0 Å². The second kappa shape index (κ2) is 9.44. The van der Waals surface area contributed by atoms with Crippen molar-refractivity contribution >= 4 is 17.3 Å². The van der Waals surface area contributed by atoms with Crippen molar-refractivity contribution in [2.24, 2.45) is 0 Å². The van der Waals surface area contributed by atoms with Gasteiger partial charge in [-0.15, -0.1) is 0 Å². The van der Waals surface area contributed by atoms with Crippen molar-refractivity contribution in [1.29, 1.82) is 0 Å². The lowest BCUT2D eigenvalue weighted by atomic mass is 9.83. The highest BCUT2D eigenvalue weighted by Gasteiger charge is 2.56. The Bertz CT molecular complexity index is 1120. The Labute approximate surface area is 203 Å². The summed E-state index contributed by atoms with van der Waals surface area (Å²) in [7, 11) is 2.87.